The van der Waals surface area contributed by atoms with Crippen molar-refractivity contribution in [3.63, 3.8) is 0 Å². The summed E-state index contributed by atoms with van der Waals surface area (Å²) in [5.74, 6) is 1.14. The third-order valence-electron chi connectivity index (χ3n) is 3.23. The number of hydrogen-bond donors (Lipinski definition) is 1. The Balaban J connectivity index is 3.03. The van der Waals surface area contributed by atoms with Gasteiger partial charge in [-0.3, -0.25) is 0 Å². The summed E-state index contributed by atoms with van der Waals surface area (Å²) in [6.45, 7) is 18.7. The topological polar surface area (TPSA) is 28.2 Å². The van der Waals surface area contributed by atoms with Crippen LogP contribution >= 0.6 is 11.3 Å². The number of nitrogens with one attached hydrogen (secondary N) is 1. The Bertz CT molecular complexity index is 396. The van der Waals surface area contributed by atoms with Crippen LogP contribution in [-0.2, 0) is 6.54 Å². The second-order valence-corrected chi connectivity index (χ2v) is 7.44. The highest BCUT2D eigenvalue weighted by molar-refractivity contribution is 7.15. The second kappa shape index (κ2) is 7.99. The molecule has 1 heterocycles. The van der Waals surface area contributed by atoms with Gasteiger partial charge in [0.15, 0.2) is 5.13 Å². The van der Waals surface area contributed by atoms with Crippen LogP contribution in [0.4, 0.5) is 5.13 Å². The molecule has 0 fully saturated rings. The summed E-state index contributed by atoms with van der Waals surface area (Å²) < 4.78 is 0. The normalized spacial score (nSPS) is 11.9. The van der Waals surface area contributed by atoms with E-state index in [4.69, 9.17) is 4.98 Å². The van der Waals surface area contributed by atoms with E-state index in [0.717, 1.165) is 19.6 Å². The van der Waals surface area contributed by atoms with E-state index in [1.807, 2.05) is 11.3 Å². The fourth-order valence-electron chi connectivity index (χ4n) is 2.19. The average molecular weight is 298 g/mol. The largest absolute Gasteiger partial charge is 0.345 e. The molecule has 0 aliphatic carbocycles. The fourth-order valence-corrected chi connectivity index (χ4v) is 3.52. The molecule has 1 aromatic rings. The molecule has 0 radical (unpaired) electrons. The van der Waals surface area contributed by atoms with Crippen LogP contribution in [0.1, 0.15) is 65.0 Å². The van der Waals surface area contributed by atoms with Crippen molar-refractivity contribution >= 4 is 16.5 Å². The van der Waals surface area contributed by atoms with Crippen molar-refractivity contribution in [2.24, 2.45) is 5.92 Å². The fraction of sp³-hybridized carbons (Fsp3) is 0.812. The number of aromatic nitrogens is 1. The SMILES string of the molecule is CCNCc1sc(N(CC(C)C)C(C)C)nc1C(C)C. The van der Waals surface area contributed by atoms with Crippen LogP contribution in [0, 0.1) is 5.92 Å². The highest BCUT2D eigenvalue weighted by Gasteiger charge is 2.20. The zero-order chi connectivity index (χ0) is 15.3. The molecule has 0 spiro atoms. The zero-order valence-electron chi connectivity index (χ0n) is 14.2. The molecule has 0 aliphatic heterocycles. The van der Waals surface area contributed by atoms with Gasteiger partial charge in [0.2, 0.25) is 0 Å². The summed E-state index contributed by atoms with van der Waals surface area (Å²) in [7, 11) is 0. The van der Waals surface area contributed by atoms with Crippen molar-refractivity contribution in [2.45, 2.75) is 67.0 Å². The number of hydrogen-bond acceptors (Lipinski definition) is 4. The maximum Gasteiger partial charge on any atom is 0.186 e. The lowest BCUT2D eigenvalue weighted by molar-refractivity contribution is 0.569. The Morgan fingerprint density at radius 3 is 2.25 bits per heavy atom. The highest BCUT2D eigenvalue weighted by atomic mass is 32.1. The molecule has 0 atom stereocenters. The molecular weight excluding hydrogens is 266 g/mol. The Morgan fingerprint density at radius 1 is 1.15 bits per heavy atom. The van der Waals surface area contributed by atoms with Gasteiger partial charge >= 0.3 is 0 Å². The van der Waals surface area contributed by atoms with Crippen molar-refractivity contribution in [3.8, 4) is 0 Å². The Morgan fingerprint density at radius 2 is 1.80 bits per heavy atom. The van der Waals surface area contributed by atoms with E-state index in [1.165, 1.54) is 15.7 Å². The molecule has 0 bridgehead atoms. The molecule has 0 amide bonds. The minimum atomic E-state index is 0.488. The molecule has 0 saturated carbocycles. The molecule has 0 unspecified atom stereocenters. The van der Waals surface area contributed by atoms with Gasteiger partial charge in [0.05, 0.1) is 5.69 Å². The molecule has 1 aromatic heterocycles. The van der Waals surface area contributed by atoms with Crippen molar-refractivity contribution in [1.82, 2.24) is 10.3 Å². The van der Waals surface area contributed by atoms with E-state index in [9.17, 15) is 0 Å². The van der Waals surface area contributed by atoms with Crippen molar-refractivity contribution < 1.29 is 0 Å². The third-order valence-corrected chi connectivity index (χ3v) is 4.34. The molecule has 116 valence electrons. The summed E-state index contributed by atoms with van der Waals surface area (Å²) in [6, 6.07) is 0.496. The number of thiazole rings is 1. The van der Waals surface area contributed by atoms with E-state index in [-0.39, 0.29) is 0 Å². The van der Waals surface area contributed by atoms with E-state index in [1.54, 1.807) is 0 Å². The van der Waals surface area contributed by atoms with Crippen molar-refractivity contribution in [3.05, 3.63) is 10.6 Å². The molecule has 0 saturated heterocycles. The van der Waals surface area contributed by atoms with Crippen LogP contribution in [0.2, 0.25) is 0 Å². The quantitative estimate of drug-likeness (QED) is 0.777. The van der Waals surface area contributed by atoms with Gasteiger partial charge in [0, 0.05) is 24.0 Å². The molecule has 20 heavy (non-hydrogen) atoms. The van der Waals surface area contributed by atoms with Crippen molar-refractivity contribution in [1.29, 1.82) is 0 Å². The zero-order valence-corrected chi connectivity index (χ0v) is 15.0. The summed E-state index contributed by atoms with van der Waals surface area (Å²) in [5, 5.41) is 4.62. The summed E-state index contributed by atoms with van der Waals surface area (Å²) >= 11 is 1.86. The highest BCUT2D eigenvalue weighted by Crippen LogP contribution is 2.32. The van der Waals surface area contributed by atoms with E-state index in [2.05, 4.69) is 58.7 Å². The lowest BCUT2D eigenvalue weighted by Gasteiger charge is -2.27. The van der Waals surface area contributed by atoms with E-state index >= 15 is 0 Å². The second-order valence-electron chi connectivity index (χ2n) is 6.38. The smallest absolute Gasteiger partial charge is 0.186 e. The van der Waals surface area contributed by atoms with Crippen LogP contribution in [0.15, 0.2) is 0 Å². The molecule has 1 N–H and O–H groups in total. The summed E-state index contributed by atoms with van der Waals surface area (Å²) in [6.07, 6.45) is 0. The molecule has 1 rings (SSSR count). The van der Waals surface area contributed by atoms with Crippen molar-refractivity contribution in [2.75, 3.05) is 18.0 Å². The number of anilines is 1. The van der Waals surface area contributed by atoms with Crippen LogP contribution in [0.3, 0.4) is 0 Å². The molecule has 3 nitrogen and oxygen atoms in total. The van der Waals surface area contributed by atoms with Gasteiger partial charge < -0.3 is 10.2 Å². The van der Waals surface area contributed by atoms with Crippen LogP contribution in [0.25, 0.3) is 0 Å². The summed E-state index contributed by atoms with van der Waals surface area (Å²) in [5.41, 5.74) is 1.26. The first-order chi connectivity index (χ1) is 9.36. The van der Waals surface area contributed by atoms with E-state index in [0.29, 0.717) is 17.9 Å². The Labute approximate surface area is 128 Å². The van der Waals surface area contributed by atoms with Crippen LogP contribution in [-0.4, -0.2) is 24.1 Å². The maximum atomic E-state index is 4.94. The number of nitrogens with zero attached hydrogens (tertiary/aromatic N) is 2. The molecule has 4 heteroatoms. The third kappa shape index (κ3) is 4.74. The molecule has 0 aliphatic rings. The Kier molecular flexibility index (Phi) is 6.96. The van der Waals surface area contributed by atoms with Gasteiger partial charge in [0.1, 0.15) is 0 Å². The minimum absolute atomic E-state index is 0.488. The lowest BCUT2D eigenvalue weighted by Crippen LogP contribution is -2.34. The first-order valence-electron chi connectivity index (χ1n) is 7.83. The monoisotopic (exact) mass is 297 g/mol. The van der Waals surface area contributed by atoms with Gasteiger partial charge in [0.25, 0.3) is 0 Å². The van der Waals surface area contributed by atoms with Gasteiger partial charge in [-0.1, -0.05) is 34.6 Å². The van der Waals surface area contributed by atoms with Crippen LogP contribution in [0.5, 0.6) is 0 Å². The lowest BCUT2D eigenvalue weighted by atomic mass is 10.1. The van der Waals surface area contributed by atoms with Gasteiger partial charge in [-0.15, -0.1) is 11.3 Å². The number of rotatable bonds is 8. The predicted molar refractivity (Wildman–Crippen MR) is 90.9 cm³/mol. The minimum Gasteiger partial charge on any atom is -0.345 e. The first-order valence-corrected chi connectivity index (χ1v) is 8.65. The predicted octanol–water partition coefficient (Wildman–Crippen LogP) is 4.25. The van der Waals surface area contributed by atoms with Gasteiger partial charge in [-0.05, 0) is 32.2 Å². The van der Waals surface area contributed by atoms with Gasteiger partial charge in [-0.25, -0.2) is 4.98 Å². The van der Waals surface area contributed by atoms with Gasteiger partial charge in [-0.2, -0.15) is 0 Å². The van der Waals surface area contributed by atoms with E-state index < -0.39 is 0 Å². The summed E-state index contributed by atoms with van der Waals surface area (Å²) in [4.78, 5) is 8.78. The average Bonchev–Trinajstić information content (AvgIpc) is 2.76. The standard InChI is InChI=1S/C16H31N3S/c1-8-17-9-14-15(12(4)5)18-16(20-14)19(13(6)7)10-11(2)3/h11-13,17H,8-10H2,1-7H3. The first kappa shape index (κ1) is 17.4. The van der Waals surface area contributed by atoms with Crippen LogP contribution < -0.4 is 10.2 Å². The molecule has 0 aromatic carbocycles. The Hall–Kier alpha value is -0.610. The maximum absolute atomic E-state index is 4.94. The molecular formula is C16H31N3S.